The number of benzene rings is 1. The second-order valence-electron chi connectivity index (χ2n) is 5.82. The first-order valence-electron chi connectivity index (χ1n) is 7.48. The highest BCUT2D eigenvalue weighted by Crippen LogP contribution is 2.31. The van der Waals surface area contributed by atoms with Crippen molar-refractivity contribution in [2.24, 2.45) is 17.6 Å². The molecule has 1 fully saturated rings. The molecule has 1 aliphatic heterocycles. The lowest BCUT2D eigenvalue weighted by atomic mass is 9.81. The molecule has 7 nitrogen and oxygen atoms in total. The van der Waals surface area contributed by atoms with E-state index in [0.29, 0.717) is 24.3 Å². The van der Waals surface area contributed by atoms with E-state index in [9.17, 15) is 19.2 Å². The minimum Gasteiger partial charge on any atom is -0.369 e. The molecule has 1 aliphatic carbocycles. The number of nitrogens with zero attached hydrogens (tertiary/aromatic N) is 1. The normalized spacial score (nSPS) is 23.6. The fourth-order valence-corrected chi connectivity index (χ4v) is 3.08. The highest BCUT2D eigenvalue weighted by Gasteiger charge is 2.40. The topological polar surface area (TPSA) is 107 Å². The van der Waals surface area contributed by atoms with Crippen LogP contribution in [0, 0.1) is 11.8 Å². The summed E-state index contributed by atoms with van der Waals surface area (Å²) in [4.78, 5) is 52.8. The van der Waals surface area contributed by atoms with Gasteiger partial charge in [-0.25, -0.2) is 4.79 Å². The minimum absolute atomic E-state index is 0.212. The molecule has 0 aromatic heterocycles. The van der Waals surface area contributed by atoms with E-state index in [2.05, 4.69) is 0 Å². The zero-order valence-electron chi connectivity index (χ0n) is 12.4. The first kappa shape index (κ1) is 15.2. The van der Waals surface area contributed by atoms with Crippen LogP contribution in [0.4, 0.5) is 0 Å². The van der Waals surface area contributed by atoms with Crippen molar-refractivity contribution < 1.29 is 24.0 Å². The molecule has 7 heteroatoms. The van der Waals surface area contributed by atoms with Crippen LogP contribution >= 0.6 is 0 Å². The molecule has 1 heterocycles. The summed E-state index contributed by atoms with van der Waals surface area (Å²) in [7, 11) is 0. The Kier molecular flexibility index (Phi) is 3.85. The van der Waals surface area contributed by atoms with E-state index in [0.717, 1.165) is 0 Å². The van der Waals surface area contributed by atoms with Crippen LogP contribution in [0.15, 0.2) is 24.3 Å². The molecule has 0 spiro atoms. The molecule has 120 valence electrons. The van der Waals surface area contributed by atoms with Crippen molar-refractivity contribution in [1.82, 2.24) is 5.06 Å². The number of amides is 3. The molecule has 0 bridgehead atoms. The molecule has 0 saturated heterocycles. The van der Waals surface area contributed by atoms with Gasteiger partial charge in [-0.05, 0) is 31.4 Å². The van der Waals surface area contributed by atoms with Gasteiger partial charge in [-0.2, -0.15) is 0 Å². The van der Waals surface area contributed by atoms with Crippen LogP contribution in [0.1, 0.15) is 46.4 Å². The van der Waals surface area contributed by atoms with Gasteiger partial charge in [-0.1, -0.05) is 23.6 Å². The third-order valence-corrected chi connectivity index (χ3v) is 4.35. The van der Waals surface area contributed by atoms with Gasteiger partial charge >= 0.3 is 5.97 Å². The van der Waals surface area contributed by atoms with Gasteiger partial charge in [0.15, 0.2) is 0 Å². The second-order valence-corrected chi connectivity index (χ2v) is 5.82. The van der Waals surface area contributed by atoms with E-state index in [1.807, 2.05) is 0 Å². The monoisotopic (exact) mass is 316 g/mol. The van der Waals surface area contributed by atoms with Crippen molar-refractivity contribution in [2.45, 2.75) is 25.7 Å². The number of imide groups is 1. The summed E-state index contributed by atoms with van der Waals surface area (Å²) in [6.07, 6.45) is 2.16. The maximum atomic E-state index is 12.2. The van der Waals surface area contributed by atoms with Crippen molar-refractivity contribution >= 4 is 23.7 Å². The summed E-state index contributed by atoms with van der Waals surface area (Å²) in [5, 5.41) is 0.501. The highest BCUT2D eigenvalue weighted by atomic mass is 16.7. The van der Waals surface area contributed by atoms with E-state index in [1.165, 1.54) is 12.1 Å². The number of primary amides is 1. The predicted octanol–water partition coefficient (Wildman–Crippen LogP) is 1.03. The quantitative estimate of drug-likeness (QED) is 0.838. The van der Waals surface area contributed by atoms with Gasteiger partial charge in [0.25, 0.3) is 11.8 Å². The van der Waals surface area contributed by atoms with Crippen molar-refractivity contribution in [3.05, 3.63) is 35.4 Å². The molecule has 1 aromatic rings. The van der Waals surface area contributed by atoms with Gasteiger partial charge in [-0.3, -0.25) is 14.4 Å². The molecule has 23 heavy (non-hydrogen) atoms. The van der Waals surface area contributed by atoms with Crippen molar-refractivity contribution in [1.29, 1.82) is 0 Å². The van der Waals surface area contributed by atoms with Crippen LogP contribution in [-0.4, -0.2) is 28.8 Å². The van der Waals surface area contributed by atoms with Crippen LogP contribution in [0.25, 0.3) is 0 Å². The molecule has 1 aromatic carbocycles. The molecule has 2 atom stereocenters. The maximum Gasteiger partial charge on any atom is 0.336 e. The number of hydrogen-bond donors (Lipinski definition) is 1. The summed E-state index contributed by atoms with van der Waals surface area (Å²) in [5.74, 6) is -3.33. The fourth-order valence-electron chi connectivity index (χ4n) is 3.08. The van der Waals surface area contributed by atoms with Crippen molar-refractivity contribution in [2.75, 3.05) is 0 Å². The fraction of sp³-hybridized carbons (Fsp3) is 0.375. The lowest BCUT2D eigenvalue weighted by Crippen LogP contribution is -2.38. The number of hydrogen-bond acceptors (Lipinski definition) is 5. The first-order chi connectivity index (χ1) is 11.0. The van der Waals surface area contributed by atoms with Crippen LogP contribution in [0.3, 0.4) is 0 Å². The smallest absolute Gasteiger partial charge is 0.336 e. The molecule has 3 amide bonds. The van der Waals surface area contributed by atoms with Gasteiger partial charge in [0.05, 0.1) is 17.0 Å². The van der Waals surface area contributed by atoms with Gasteiger partial charge in [0.1, 0.15) is 0 Å². The molecule has 2 unspecified atom stereocenters. The van der Waals surface area contributed by atoms with E-state index >= 15 is 0 Å². The Morgan fingerprint density at radius 2 is 1.61 bits per heavy atom. The average molecular weight is 316 g/mol. The second kappa shape index (κ2) is 5.83. The Balaban J connectivity index is 1.71. The minimum atomic E-state index is -0.676. The third-order valence-electron chi connectivity index (χ3n) is 4.35. The maximum absolute atomic E-state index is 12.2. The summed E-state index contributed by atoms with van der Waals surface area (Å²) < 4.78 is 0. The average Bonchev–Trinajstić information content (AvgIpc) is 2.80. The molecular formula is C16H16N2O5. The summed E-state index contributed by atoms with van der Waals surface area (Å²) in [6, 6.07) is 6.28. The Bertz CT molecular complexity index is 664. The van der Waals surface area contributed by atoms with Crippen LogP contribution < -0.4 is 5.73 Å². The number of rotatable bonds is 3. The molecule has 2 N–H and O–H groups in total. The first-order valence-corrected chi connectivity index (χ1v) is 7.48. The van der Waals surface area contributed by atoms with Gasteiger partial charge in [-0.15, -0.1) is 0 Å². The van der Waals surface area contributed by atoms with Gasteiger partial charge in [0, 0.05) is 5.92 Å². The third kappa shape index (κ3) is 2.69. The zero-order chi connectivity index (χ0) is 16.6. The Labute approximate surface area is 132 Å². The summed E-state index contributed by atoms with van der Waals surface area (Å²) >= 11 is 0. The number of carbonyl (C=O) groups excluding carboxylic acids is 4. The molecular weight excluding hydrogens is 300 g/mol. The Morgan fingerprint density at radius 3 is 2.17 bits per heavy atom. The Hall–Kier alpha value is -2.70. The van der Waals surface area contributed by atoms with E-state index in [-0.39, 0.29) is 23.5 Å². The number of hydroxylamine groups is 2. The standard InChI is InChI=1S/C16H16N2O5/c17-13(19)9-4-3-5-10(8-9)16(22)23-18-14(20)11-6-1-2-7-12(11)15(18)21/h1-2,6-7,9-10H,3-5,8H2,(H2,17,19). The van der Waals surface area contributed by atoms with E-state index in [1.54, 1.807) is 12.1 Å². The van der Waals surface area contributed by atoms with Crippen molar-refractivity contribution in [3.63, 3.8) is 0 Å². The van der Waals surface area contributed by atoms with Crippen LogP contribution in [0.5, 0.6) is 0 Å². The van der Waals surface area contributed by atoms with E-state index in [4.69, 9.17) is 10.6 Å². The largest absolute Gasteiger partial charge is 0.369 e. The molecule has 1 saturated carbocycles. The predicted molar refractivity (Wildman–Crippen MR) is 77.7 cm³/mol. The summed E-state index contributed by atoms with van der Waals surface area (Å²) in [5.41, 5.74) is 5.71. The van der Waals surface area contributed by atoms with Gasteiger partial charge < -0.3 is 10.6 Å². The molecule has 3 rings (SSSR count). The molecule has 2 aliphatic rings. The highest BCUT2D eigenvalue weighted by molar-refractivity contribution is 6.20. The lowest BCUT2D eigenvalue weighted by Gasteiger charge is -2.26. The number of nitrogens with two attached hydrogens (primary N) is 1. The lowest BCUT2D eigenvalue weighted by molar-refractivity contribution is -0.175. The van der Waals surface area contributed by atoms with Crippen molar-refractivity contribution in [3.8, 4) is 0 Å². The van der Waals surface area contributed by atoms with Crippen LogP contribution in [-0.2, 0) is 14.4 Å². The van der Waals surface area contributed by atoms with Crippen LogP contribution in [0.2, 0.25) is 0 Å². The zero-order valence-corrected chi connectivity index (χ0v) is 12.4. The molecule has 0 radical (unpaired) electrons. The number of carbonyl (C=O) groups is 4. The Morgan fingerprint density at radius 1 is 1.04 bits per heavy atom. The summed E-state index contributed by atoms with van der Waals surface area (Å²) in [6.45, 7) is 0. The van der Waals surface area contributed by atoms with E-state index < -0.39 is 29.6 Å². The number of fused-ring (bicyclic) bond motifs is 1. The SMILES string of the molecule is NC(=O)C1CCCC(C(=O)ON2C(=O)c3ccccc3C2=O)C1. The van der Waals surface area contributed by atoms with Gasteiger partial charge in [0.2, 0.25) is 5.91 Å².